The van der Waals surface area contributed by atoms with Crippen LogP contribution in [0.1, 0.15) is 37.3 Å². The van der Waals surface area contributed by atoms with Crippen molar-refractivity contribution in [1.29, 1.82) is 0 Å². The van der Waals surface area contributed by atoms with Crippen LogP contribution >= 0.6 is 0 Å². The van der Waals surface area contributed by atoms with Crippen molar-refractivity contribution in [3.8, 4) is 0 Å². The quantitative estimate of drug-likeness (QED) is 0.942. The molecule has 3 rings (SSSR count). The second-order valence-electron chi connectivity index (χ2n) is 6.75. The number of carbonyl (C=O) groups excluding carboxylic acids is 1. The average molecular weight is 309 g/mol. The van der Waals surface area contributed by atoms with E-state index in [1.54, 1.807) is 12.4 Å². The van der Waals surface area contributed by atoms with E-state index in [0.29, 0.717) is 12.5 Å². The van der Waals surface area contributed by atoms with E-state index in [1.165, 1.54) is 5.56 Å². The van der Waals surface area contributed by atoms with Gasteiger partial charge in [0.15, 0.2) is 0 Å². The molecule has 0 bridgehead atoms. The SMILES string of the molecule is CC1(C)CC(c2ccccc2)CN1C(=O)NCc1cccnc1. The smallest absolute Gasteiger partial charge is 0.318 e. The summed E-state index contributed by atoms with van der Waals surface area (Å²) in [7, 11) is 0. The number of hydrogen-bond donors (Lipinski definition) is 1. The first-order chi connectivity index (χ1) is 11.1. The molecular formula is C19H23N3O. The van der Waals surface area contributed by atoms with Gasteiger partial charge in [-0.2, -0.15) is 0 Å². The van der Waals surface area contributed by atoms with E-state index in [9.17, 15) is 4.79 Å². The Labute approximate surface area is 137 Å². The first kappa shape index (κ1) is 15.5. The van der Waals surface area contributed by atoms with Gasteiger partial charge in [-0.05, 0) is 37.5 Å². The summed E-state index contributed by atoms with van der Waals surface area (Å²) in [5, 5.41) is 3.02. The molecule has 2 amide bonds. The van der Waals surface area contributed by atoms with E-state index in [4.69, 9.17) is 0 Å². The first-order valence-corrected chi connectivity index (χ1v) is 8.05. The highest BCUT2D eigenvalue weighted by Crippen LogP contribution is 2.38. The molecule has 4 heteroatoms. The molecule has 1 saturated heterocycles. The number of rotatable bonds is 3. The number of aromatic nitrogens is 1. The van der Waals surface area contributed by atoms with Crippen molar-refractivity contribution in [2.45, 2.75) is 38.3 Å². The van der Waals surface area contributed by atoms with Crippen LogP contribution in [-0.4, -0.2) is 28.0 Å². The normalized spacial score (nSPS) is 19.6. The molecule has 0 saturated carbocycles. The molecule has 2 heterocycles. The maximum Gasteiger partial charge on any atom is 0.318 e. The van der Waals surface area contributed by atoms with Crippen LogP contribution < -0.4 is 5.32 Å². The van der Waals surface area contributed by atoms with Crippen LogP contribution in [0.3, 0.4) is 0 Å². The summed E-state index contributed by atoms with van der Waals surface area (Å²) in [6.07, 6.45) is 4.50. The van der Waals surface area contributed by atoms with Crippen LogP contribution in [0.15, 0.2) is 54.9 Å². The van der Waals surface area contributed by atoms with Crippen LogP contribution in [0, 0.1) is 0 Å². The summed E-state index contributed by atoms with van der Waals surface area (Å²) >= 11 is 0. The lowest BCUT2D eigenvalue weighted by Crippen LogP contribution is -2.47. The van der Waals surface area contributed by atoms with Gasteiger partial charge in [0.05, 0.1) is 0 Å². The Morgan fingerprint density at radius 2 is 2.04 bits per heavy atom. The van der Waals surface area contributed by atoms with E-state index in [-0.39, 0.29) is 11.6 Å². The number of hydrogen-bond acceptors (Lipinski definition) is 2. The molecule has 120 valence electrons. The van der Waals surface area contributed by atoms with Gasteiger partial charge in [-0.3, -0.25) is 4.98 Å². The number of benzene rings is 1. The number of likely N-dealkylation sites (tertiary alicyclic amines) is 1. The second-order valence-corrected chi connectivity index (χ2v) is 6.75. The van der Waals surface area contributed by atoms with Gasteiger partial charge in [-0.1, -0.05) is 36.4 Å². The van der Waals surface area contributed by atoms with Crippen molar-refractivity contribution >= 4 is 6.03 Å². The predicted octanol–water partition coefficient (Wildman–Crippen LogP) is 3.56. The third-order valence-electron chi connectivity index (χ3n) is 4.56. The number of nitrogens with one attached hydrogen (secondary N) is 1. The Morgan fingerprint density at radius 3 is 2.74 bits per heavy atom. The van der Waals surface area contributed by atoms with E-state index in [2.05, 4.69) is 48.4 Å². The van der Waals surface area contributed by atoms with E-state index in [1.807, 2.05) is 23.1 Å². The van der Waals surface area contributed by atoms with Crippen molar-refractivity contribution in [2.24, 2.45) is 0 Å². The Bertz CT molecular complexity index is 655. The molecule has 1 aromatic carbocycles. The second kappa shape index (κ2) is 6.41. The van der Waals surface area contributed by atoms with Gasteiger partial charge in [0.1, 0.15) is 0 Å². The van der Waals surface area contributed by atoms with Crippen LogP contribution in [0.4, 0.5) is 4.79 Å². The summed E-state index contributed by atoms with van der Waals surface area (Å²) in [4.78, 5) is 18.6. The highest BCUT2D eigenvalue weighted by Gasteiger charge is 2.41. The molecule has 0 aliphatic carbocycles. The summed E-state index contributed by atoms with van der Waals surface area (Å²) in [5.74, 6) is 0.398. The molecule has 1 aliphatic rings. The summed E-state index contributed by atoms with van der Waals surface area (Å²) < 4.78 is 0. The van der Waals surface area contributed by atoms with Gasteiger partial charge in [0, 0.05) is 36.9 Å². The molecule has 1 N–H and O–H groups in total. The van der Waals surface area contributed by atoms with Gasteiger partial charge in [-0.15, -0.1) is 0 Å². The molecule has 1 fully saturated rings. The predicted molar refractivity (Wildman–Crippen MR) is 91.1 cm³/mol. The fourth-order valence-corrected chi connectivity index (χ4v) is 3.33. The Hall–Kier alpha value is -2.36. The number of urea groups is 1. The topological polar surface area (TPSA) is 45.2 Å². The van der Waals surface area contributed by atoms with Crippen molar-refractivity contribution in [2.75, 3.05) is 6.54 Å². The third-order valence-corrected chi connectivity index (χ3v) is 4.56. The molecule has 0 radical (unpaired) electrons. The largest absolute Gasteiger partial charge is 0.334 e. The highest BCUT2D eigenvalue weighted by atomic mass is 16.2. The molecular weight excluding hydrogens is 286 g/mol. The van der Waals surface area contributed by atoms with E-state index < -0.39 is 0 Å². The van der Waals surface area contributed by atoms with Gasteiger partial charge in [0.2, 0.25) is 0 Å². The number of nitrogens with zero attached hydrogens (tertiary/aromatic N) is 2. The van der Waals surface area contributed by atoms with Crippen molar-refractivity contribution in [3.63, 3.8) is 0 Å². The Kier molecular flexibility index (Phi) is 4.33. The monoisotopic (exact) mass is 309 g/mol. The standard InChI is InChI=1S/C19H23N3O/c1-19(2)11-17(16-8-4-3-5-9-16)14-22(19)18(23)21-13-15-7-6-10-20-12-15/h3-10,12,17H,11,13-14H2,1-2H3,(H,21,23). The van der Waals surface area contributed by atoms with Crippen LogP contribution in [0.5, 0.6) is 0 Å². The van der Waals surface area contributed by atoms with Gasteiger partial charge in [0.25, 0.3) is 0 Å². The number of carbonyl (C=O) groups is 1. The number of amides is 2. The maximum absolute atomic E-state index is 12.6. The maximum atomic E-state index is 12.6. The molecule has 0 spiro atoms. The van der Waals surface area contributed by atoms with Gasteiger partial charge in [-0.25, -0.2) is 4.79 Å². The van der Waals surface area contributed by atoms with Gasteiger partial charge >= 0.3 is 6.03 Å². The summed E-state index contributed by atoms with van der Waals surface area (Å²) in [6, 6.07) is 14.3. The van der Waals surface area contributed by atoms with E-state index >= 15 is 0 Å². The summed E-state index contributed by atoms with van der Waals surface area (Å²) in [6.45, 7) is 5.55. The molecule has 1 aromatic heterocycles. The fourth-order valence-electron chi connectivity index (χ4n) is 3.33. The zero-order valence-electron chi connectivity index (χ0n) is 13.7. The molecule has 1 unspecified atom stereocenters. The molecule has 1 aliphatic heterocycles. The van der Waals surface area contributed by atoms with Crippen LogP contribution in [0.25, 0.3) is 0 Å². The van der Waals surface area contributed by atoms with E-state index in [0.717, 1.165) is 18.5 Å². The molecule has 23 heavy (non-hydrogen) atoms. The summed E-state index contributed by atoms with van der Waals surface area (Å²) in [5.41, 5.74) is 2.18. The van der Waals surface area contributed by atoms with Crippen molar-refractivity contribution in [1.82, 2.24) is 15.2 Å². The Morgan fingerprint density at radius 1 is 1.26 bits per heavy atom. The minimum Gasteiger partial charge on any atom is -0.334 e. The zero-order valence-corrected chi connectivity index (χ0v) is 13.7. The van der Waals surface area contributed by atoms with Crippen LogP contribution in [-0.2, 0) is 6.54 Å². The highest BCUT2D eigenvalue weighted by molar-refractivity contribution is 5.75. The minimum atomic E-state index is -0.139. The molecule has 4 nitrogen and oxygen atoms in total. The zero-order chi connectivity index (χ0) is 16.3. The third kappa shape index (κ3) is 3.52. The lowest BCUT2D eigenvalue weighted by atomic mass is 9.91. The van der Waals surface area contributed by atoms with Crippen LogP contribution in [0.2, 0.25) is 0 Å². The van der Waals surface area contributed by atoms with Crippen molar-refractivity contribution in [3.05, 3.63) is 66.0 Å². The fraction of sp³-hybridized carbons (Fsp3) is 0.368. The van der Waals surface area contributed by atoms with Gasteiger partial charge < -0.3 is 10.2 Å². The minimum absolute atomic E-state index is 0.00251. The lowest BCUT2D eigenvalue weighted by Gasteiger charge is -2.31. The lowest BCUT2D eigenvalue weighted by molar-refractivity contribution is 0.165. The molecule has 2 aromatic rings. The molecule has 1 atom stereocenters. The number of pyridine rings is 1. The Balaban J connectivity index is 1.65. The first-order valence-electron chi connectivity index (χ1n) is 8.05. The average Bonchev–Trinajstić information content (AvgIpc) is 2.90. The van der Waals surface area contributed by atoms with Crippen molar-refractivity contribution < 1.29 is 4.79 Å².